The Labute approximate surface area is 107 Å². The molecule has 2 aromatic rings. The zero-order chi connectivity index (χ0) is 12.8. The van der Waals surface area contributed by atoms with E-state index >= 15 is 0 Å². The van der Waals surface area contributed by atoms with E-state index < -0.39 is 0 Å². The topological polar surface area (TPSA) is 51.2 Å². The third kappa shape index (κ3) is 1.54. The van der Waals surface area contributed by atoms with Gasteiger partial charge in [-0.25, -0.2) is 0 Å². The fraction of sp³-hybridized carbons (Fsp3) is 0.467. The molecule has 18 heavy (non-hydrogen) atoms. The Balaban J connectivity index is 2.20. The highest BCUT2D eigenvalue weighted by Gasteiger charge is 2.36. The van der Waals surface area contributed by atoms with Crippen LogP contribution in [-0.4, -0.2) is 16.2 Å². The van der Waals surface area contributed by atoms with Crippen molar-refractivity contribution in [2.75, 3.05) is 6.54 Å². The highest BCUT2D eigenvalue weighted by Crippen LogP contribution is 2.42. The lowest BCUT2D eigenvalue weighted by molar-refractivity contribution is 0.428. The van der Waals surface area contributed by atoms with Crippen molar-refractivity contribution in [3.8, 4) is 5.75 Å². The molecule has 1 aliphatic carbocycles. The number of nitrogens with two attached hydrogens (primary N) is 1. The zero-order valence-electron chi connectivity index (χ0n) is 10.8. The molecule has 0 aliphatic heterocycles. The van der Waals surface area contributed by atoms with Crippen molar-refractivity contribution in [1.82, 2.24) is 4.57 Å². The Morgan fingerprint density at radius 3 is 2.67 bits per heavy atom. The van der Waals surface area contributed by atoms with Crippen LogP contribution in [-0.2, 0) is 12.5 Å². The lowest BCUT2D eigenvalue weighted by atomic mass is 9.82. The molecule has 1 fully saturated rings. The first-order valence-corrected chi connectivity index (χ1v) is 6.65. The van der Waals surface area contributed by atoms with E-state index in [2.05, 4.69) is 17.7 Å². The number of hydrogen-bond donors (Lipinski definition) is 2. The van der Waals surface area contributed by atoms with Crippen molar-refractivity contribution >= 4 is 10.9 Å². The summed E-state index contributed by atoms with van der Waals surface area (Å²) in [6, 6.07) is 7.80. The van der Waals surface area contributed by atoms with Gasteiger partial charge in [0, 0.05) is 36.2 Å². The molecule has 3 N–H and O–H groups in total. The molecule has 1 saturated carbocycles. The number of benzene rings is 1. The highest BCUT2D eigenvalue weighted by atomic mass is 16.3. The van der Waals surface area contributed by atoms with Crippen molar-refractivity contribution in [3.63, 3.8) is 0 Å². The molecule has 0 radical (unpaired) electrons. The molecule has 1 aromatic carbocycles. The van der Waals surface area contributed by atoms with Gasteiger partial charge in [0.1, 0.15) is 5.75 Å². The second-order valence-electron chi connectivity index (χ2n) is 5.52. The first-order valence-electron chi connectivity index (χ1n) is 6.65. The van der Waals surface area contributed by atoms with E-state index in [0.717, 1.165) is 5.52 Å². The maximum atomic E-state index is 9.61. The summed E-state index contributed by atoms with van der Waals surface area (Å²) in [5.74, 6) is 0.323. The van der Waals surface area contributed by atoms with Crippen LogP contribution < -0.4 is 5.73 Å². The Hall–Kier alpha value is -1.48. The normalized spacial score (nSPS) is 18.6. The van der Waals surface area contributed by atoms with E-state index in [1.54, 1.807) is 6.07 Å². The molecule has 1 aromatic heterocycles. The van der Waals surface area contributed by atoms with Crippen LogP contribution in [0.3, 0.4) is 0 Å². The fourth-order valence-electron chi connectivity index (χ4n) is 3.44. The molecular formula is C15H20N2O. The Bertz CT molecular complexity index is 579. The van der Waals surface area contributed by atoms with E-state index in [1.807, 2.05) is 12.1 Å². The van der Waals surface area contributed by atoms with Gasteiger partial charge >= 0.3 is 0 Å². The monoisotopic (exact) mass is 244 g/mol. The van der Waals surface area contributed by atoms with Gasteiger partial charge in [0.15, 0.2) is 0 Å². The van der Waals surface area contributed by atoms with Crippen molar-refractivity contribution in [3.05, 3.63) is 30.0 Å². The van der Waals surface area contributed by atoms with Gasteiger partial charge in [-0.05, 0) is 31.0 Å². The van der Waals surface area contributed by atoms with Crippen LogP contribution in [0.15, 0.2) is 24.3 Å². The van der Waals surface area contributed by atoms with Gasteiger partial charge in [-0.15, -0.1) is 0 Å². The second-order valence-corrected chi connectivity index (χ2v) is 5.52. The summed E-state index contributed by atoms with van der Waals surface area (Å²) in [5.41, 5.74) is 8.61. The molecular weight excluding hydrogens is 224 g/mol. The molecule has 1 heterocycles. The molecule has 96 valence electrons. The quantitative estimate of drug-likeness (QED) is 0.853. The van der Waals surface area contributed by atoms with Gasteiger partial charge in [-0.1, -0.05) is 12.8 Å². The van der Waals surface area contributed by atoms with Gasteiger partial charge in [-0.2, -0.15) is 0 Å². The Kier molecular flexibility index (Phi) is 2.59. The van der Waals surface area contributed by atoms with E-state index in [-0.39, 0.29) is 5.41 Å². The second kappa shape index (κ2) is 4.02. The number of fused-ring (bicyclic) bond motifs is 1. The van der Waals surface area contributed by atoms with Crippen LogP contribution in [0.25, 0.3) is 10.9 Å². The standard InChI is InChI=1S/C15H20N2O/c1-17-13-9-12(18)5-4-11(13)8-14(17)15(10-16)6-2-3-7-15/h4-5,8-9,18H,2-3,6-7,10,16H2,1H3. The van der Waals surface area contributed by atoms with E-state index in [1.165, 1.54) is 36.8 Å². The summed E-state index contributed by atoms with van der Waals surface area (Å²) in [4.78, 5) is 0. The maximum absolute atomic E-state index is 9.61. The number of aryl methyl sites for hydroxylation is 1. The number of phenolic OH excluding ortho intramolecular Hbond substituents is 1. The van der Waals surface area contributed by atoms with Gasteiger partial charge in [0.2, 0.25) is 0 Å². The van der Waals surface area contributed by atoms with Gasteiger partial charge in [-0.3, -0.25) is 0 Å². The SMILES string of the molecule is Cn1c(C2(CN)CCCC2)cc2ccc(O)cc21. The molecule has 0 unspecified atom stereocenters. The number of nitrogens with zero attached hydrogens (tertiary/aromatic N) is 1. The molecule has 0 atom stereocenters. The molecule has 3 heteroatoms. The zero-order valence-corrected chi connectivity index (χ0v) is 10.8. The van der Waals surface area contributed by atoms with Crippen molar-refractivity contribution in [2.24, 2.45) is 12.8 Å². The van der Waals surface area contributed by atoms with Crippen molar-refractivity contribution in [1.29, 1.82) is 0 Å². The highest BCUT2D eigenvalue weighted by molar-refractivity contribution is 5.83. The molecule has 3 nitrogen and oxygen atoms in total. The number of aromatic nitrogens is 1. The van der Waals surface area contributed by atoms with Crippen LogP contribution >= 0.6 is 0 Å². The third-order valence-corrected chi connectivity index (χ3v) is 4.52. The number of aromatic hydroxyl groups is 1. The van der Waals surface area contributed by atoms with Gasteiger partial charge in [0.25, 0.3) is 0 Å². The molecule has 1 aliphatic rings. The van der Waals surface area contributed by atoms with Gasteiger partial charge < -0.3 is 15.4 Å². The summed E-state index contributed by atoms with van der Waals surface area (Å²) >= 11 is 0. The van der Waals surface area contributed by atoms with Crippen LogP contribution in [0.4, 0.5) is 0 Å². The van der Waals surface area contributed by atoms with Crippen LogP contribution in [0, 0.1) is 0 Å². The van der Waals surface area contributed by atoms with Crippen molar-refractivity contribution in [2.45, 2.75) is 31.1 Å². The summed E-state index contributed by atoms with van der Waals surface area (Å²) in [6.45, 7) is 0.711. The largest absolute Gasteiger partial charge is 0.508 e. The van der Waals surface area contributed by atoms with Crippen molar-refractivity contribution < 1.29 is 5.11 Å². The molecule has 0 saturated heterocycles. The minimum absolute atomic E-state index is 0.142. The fourth-order valence-corrected chi connectivity index (χ4v) is 3.44. The number of phenols is 1. The van der Waals surface area contributed by atoms with E-state index in [9.17, 15) is 5.11 Å². The molecule has 0 bridgehead atoms. The lowest BCUT2D eigenvalue weighted by Gasteiger charge is -2.28. The Morgan fingerprint density at radius 1 is 1.28 bits per heavy atom. The van der Waals surface area contributed by atoms with E-state index in [4.69, 9.17) is 5.73 Å². The summed E-state index contributed by atoms with van der Waals surface area (Å²) in [6.07, 6.45) is 4.90. The minimum atomic E-state index is 0.142. The van der Waals surface area contributed by atoms with E-state index in [0.29, 0.717) is 12.3 Å². The maximum Gasteiger partial charge on any atom is 0.117 e. The Morgan fingerprint density at radius 2 is 2.00 bits per heavy atom. The minimum Gasteiger partial charge on any atom is -0.508 e. The average molecular weight is 244 g/mol. The predicted octanol–water partition coefficient (Wildman–Crippen LogP) is 2.65. The summed E-state index contributed by atoms with van der Waals surface area (Å²) < 4.78 is 2.20. The summed E-state index contributed by atoms with van der Waals surface area (Å²) in [5, 5.41) is 10.8. The predicted molar refractivity (Wildman–Crippen MR) is 73.8 cm³/mol. The average Bonchev–Trinajstić information content (AvgIpc) is 2.96. The molecule has 3 rings (SSSR count). The van der Waals surface area contributed by atoms with Crippen LogP contribution in [0.2, 0.25) is 0 Å². The van der Waals surface area contributed by atoms with Crippen LogP contribution in [0.1, 0.15) is 31.4 Å². The van der Waals surface area contributed by atoms with Crippen LogP contribution in [0.5, 0.6) is 5.75 Å². The summed E-state index contributed by atoms with van der Waals surface area (Å²) in [7, 11) is 2.08. The lowest BCUT2D eigenvalue weighted by Crippen LogP contribution is -2.33. The first-order chi connectivity index (χ1) is 8.66. The van der Waals surface area contributed by atoms with Gasteiger partial charge in [0.05, 0.1) is 5.52 Å². The molecule has 0 amide bonds. The smallest absolute Gasteiger partial charge is 0.117 e. The first kappa shape index (κ1) is 11.6. The third-order valence-electron chi connectivity index (χ3n) is 4.52. The molecule has 0 spiro atoms. The number of hydrogen-bond acceptors (Lipinski definition) is 2. The number of rotatable bonds is 2.